The summed E-state index contributed by atoms with van der Waals surface area (Å²) in [5.41, 5.74) is 4.52. The van der Waals surface area contributed by atoms with E-state index in [0.717, 1.165) is 39.0 Å². The monoisotopic (exact) mass is 352 g/mol. The summed E-state index contributed by atoms with van der Waals surface area (Å²) in [4.78, 5) is 17.4. The van der Waals surface area contributed by atoms with Crippen molar-refractivity contribution in [2.24, 2.45) is 0 Å². The molecule has 2 aromatic carbocycles. The third kappa shape index (κ3) is 4.20. The van der Waals surface area contributed by atoms with Crippen molar-refractivity contribution >= 4 is 32.5 Å². The Hall–Kier alpha value is -2.33. The standard InChI is InChI=1S/C21H24N2OS/c1-15-10-11-17(14-25(2,3)4)18(13-15)21(24)23-19-9-5-7-16-8-6-12-22-20(16)19/h5-13H,14H2,1-4H3,(H,23,24). The summed E-state index contributed by atoms with van der Waals surface area (Å²) < 4.78 is 0. The van der Waals surface area contributed by atoms with E-state index in [9.17, 15) is 4.79 Å². The van der Waals surface area contributed by atoms with E-state index in [2.05, 4.69) is 41.2 Å². The summed E-state index contributed by atoms with van der Waals surface area (Å²) >= 11 is 0. The Morgan fingerprint density at radius 3 is 2.60 bits per heavy atom. The minimum Gasteiger partial charge on any atom is -0.320 e. The Morgan fingerprint density at radius 2 is 1.84 bits per heavy atom. The molecule has 25 heavy (non-hydrogen) atoms. The molecular weight excluding hydrogens is 328 g/mol. The Bertz CT molecular complexity index is 923. The number of benzene rings is 2. The number of nitrogens with zero attached hydrogens (tertiary/aromatic N) is 1. The van der Waals surface area contributed by atoms with E-state index in [1.54, 1.807) is 6.20 Å². The van der Waals surface area contributed by atoms with Gasteiger partial charge in [-0.05, 0) is 49.5 Å². The second-order valence-electron chi connectivity index (χ2n) is 7.23. The molecule has 1 aromatic heterocycles. The first-order valence-electron chi connectivity index (χ1n) is 8.24. The molecule has 0 atom stereocenters. The third-order valence-electron chi connectivity index (χ3n) is 3.98. The maximum Gasteiger partial charge on any atom is 0.256 e. The molecule has 1 amide bonds. The fraction of sp³-hybridized carbons (Fsp3) is 0.238. The van der Waals surface area contributed by atoms with Gasteiger partial charge in [-0.25, -0.2) is 10.0 Å². The zero-order valence-corrected chi connectivity index (χ0v) is 16.0. The Labute approximate surface area is 150 Å². The molecule has 0 spiro atoms. The smallest absolute Gasteiger partial charge is 0.256 e. The fourth-order valence-corrected chi connectivity index (χ4v) is 4.07. The van der Waals surface area contributed by atoms with Gasteiger partial charge >= 0.3 is 0 Å². The average Bonchev–Trinajstić information content (AvgIpc) is 2.55. The summed E-state index contributed by atoms with van der Waals surface area (Å²) in [6.07, 6.45) is 8.55. The predicted molar refractivity (Wildman–Crippen MR) is 110 cm³/mol. The number of hydrogen-bond acceptors (Lipinski definition) is 2. The molecule has 0 saturated heterocycles. The summed E-state index contributed by atoms with van der Waals surface area (Å²) in [5.74, 6) is 0.865. The summed E-state index contributed by atoms with van der Waals surface area (Å²) in [6.45, 7) is 2.02. The van der Waals surface area contributed by atoms with Crippen molar-refractivity contribution in [1.82, 2.24) is 4.98 Å². The van der Waals surface area contributed by atoms with Crippen LogP contribution in [0.3, 0.4) is 0 Å². The maximum atomic E-state index is 13.0. The van der Waals surface area contributed by atoms with Crippen LogP contribution >= 0.6 is 10.0 Å². The second-order valence-corrected chi connectivity index (χ2v) is 11.7. The number of pyridine rings is 1. The molecular formula is C21H24N2OS. The third-order valence-corrected chi connectivity index (χ3v) is 5.16. The van der Waals surface area contributed by atoms with Crippen LogP contribution in [0, 0.1) is 6.92 Å². The second kappa shape index (κ2) is 6.89. The molecule has 3 aromatic rings. The number of para-hydroxylation sites is 1. The highest BCUT2D eigenvalue weighted by molar-refractivity contribution is 8.31. The van der Waals surface area contributed by atoms with Crippen molar-refractivity contribution in [3.8, 4) is 0 Å². The van der Waals surface area contributed by atoms with Gasteiger partial charge in [-0.3, -0.25) is 9.78 Å². The van der Waals surface area contributed by atoms with Crippen LogP contribution in [0.25, 0.3) is 10.9 Å². The van der Waals surface area contributed by atoms with Crippen molar-refractivity contribution < 1.29 is 4.79 Å². The number of anilines is 1. The number of aryl methyl sites for hydroxylation is 1. The van der Waals surface area contributed by atoms with E-state index < -0.39 is 10.0 Å². The van der Waals surface area contributed by atoms with Crippen LogP contribution in [0.2, 0.25) is 0 Å². The van der Waals surface area contributed by atoms with Crippen LogP contribution in [0.1, 0.15) is 21.5 Å². The first-order valence-corrected chi connectivity index (χ1v) is 11.3. The molecule has 1 heterocycles. The molecule has 0 aliphatic heterocycles. The number of rotatable bonds is 4. The van der Waals surface area contributed by atoms with Crippen molar-refractivity contribution in [2.75, 3.05) is 24.1 Å². The maximum absolute atomic E-state index is 13.0. The molecule has 4 heteroatoms. The van der Waals surface area contributed by atoms with E-state index in [1.165, 1.54) is 0 Å². The van der Waals surface area contributed by atoms with E-state index >= 15 is 0 Å². The molecule has 0 unspecified atom stereocenters. The summed E-state index contributed by atoms with van der Waals surface area (Å²) in [6, 6.07) is 15.9. The molecule has 3 nitrogen and oxygen atoms in total. The van der Waals surface area contributed by atoms with Crippen LogP contribution in [0.15, 0.2) is 54.7 Å². The van der Waals surface area contributed by atoms with Gasteiger partial charge in [0.15, 0.2) is 0 Å². The molecule has 0 aliphatic rings. The fourth-order valence-electron chi connectivity index (χ4n) is 2.89. The van der Waals surface area contributed by atoms with Gasteiger partial charge in [0, 0.05) is 22.9 Å². The highest BCUT2D eigenvalue weighted by Crippen LogP contribution is 2.40. The summed E-state index contributed by atoms with van der Waals surface area (Å²) in [5, 5.41) is 4.08. The molecule has 3 rings (SSSR count). The highest BCUT2D eigenvalue weighted by atomic mass is 32.3. The zero-order chi connectivity index (χ0) is 18.0. The Balaban J connectivity index is 1.97. The first kappa shape index (κ1) is 17.5. The van der Waals surface area contributed by atoms with Crippen molar-refractivity contribution in [1.29, 1.82) is 0 Å². The lowest BCUT2D eigenvalue weighted by Crippen LogP contribution is -2.16. The lowest BCUT2D eigenvalue weighted by molar-refractivity contribution is 0.102. The van der Waals surface area contributed by atoms with Gasteiger partial charge in [0.1, 0.15) is 0 Å². The van der Waals surface area contributed by atoms with Crippen molar-refractivity contribution in [2.45, 2.75) is 12.7 Å². The van der Waals surface area contributed by atoms with Crippen LogP contribution < -0.4 is 5.32 Å². The number of carbonyl (C=O) groups is 1. The lowest BCUT2D eigenvalue weighted by atomic mass is 10.0. The zero-order valence-electron chi connectivity index (χ0n) is 15.2. The van der Waals surface area contributed by atoms with Crippen LogP contribution in [0.4, 0.5) is 5.69 Å². The number of amides is 1. The van der Waals surface area contributed by atoms with Gasteiger partial charge in [-0.15, -0.1) is 0 Å². The van der Waals surface area contributed by atoms with Gasteiger partial charge in [-0.1, -0.05) is 35.9 Å². The van der Waals surface area contributed by atoms with Gasteiger partial charge in [0.25, 0.3) is 5.91 Å². The van der Waals surface area contributed by atoms with E-state index in [-0.39, 0.29) is 5.91 Å². The lowest BCUT2D eigenvalue weighted by Gasteiger charge is -2.26. The van der Waals surface area contributed by atoms with Gasteiger partial charge in [0.05, 0.1) is 11.2 Å². The molecule has 0 radical (unpaired) electrons. The van der Waals surface area contributed by atoms with E-state index in [4.69, 9.17) is 0 Å². The number of fused-ring (bicyclic) bond motifs is 1. The topological polar surface area (TPSA) is 42.0 Å². The van der Waals surface area contributed by atoms with Gasteiger partial charge < -0.3 is 5.32 Å². The molecule has 1 N–H and O–H groups in total. The van der Waals surface area contributed by atoms with Crippen LogP contribution in [-0.4, -0.2) is 29.7 Å². The van der Waals surface area contributed by atoms with E-state index in [1.807, 2.05) is 43.3 Å². The molecule has 0 aliphatic carbocycles. The SMILES string of the molecule is Cc1ccc(CS(C)(C)C)c(C(=O)Nc2cccc3cccnc23)c1. The minimum atomic E-state index is -0.746. The van der Waals surface area contributed by atoms with Gasteiger partial charge in [-0.2, -0.15) is 0 Å². The Morgan fingerprint density at radius 1 is 1.08 bits per heavy atom. The largest absolute Gasteiger partial charge is 0.320 e. The van der Waals surface area contributed by atoms with Gasteiger partial charge in [0.2, 0.25) is 0 Å². The van der Waals surface area contributed by atoms with Crippen molar-refractivity contribution in [3.05, 3.63) is 71.4 Å². The number of hydrogen-bond donors (Lipinski definition) is 1. The summed E-state index contributed by atoms with van der Waals surface area (Å²) in [7, 11) is -0.746. The average molecular weight is 353 g/mol. The normalized spacial score (nSPS) is 12.2. The molecule has 130 valence electrons. The van der Waals surface area contributed by atoms with E-state index in [0.29, 0.717) is 0 Å². The molecule has 0 fully saturated rings. The molecule has 0 saturated carbocycles. The Kier molecular flexibility index (Phi) is 4.82. The number of aromatic nitrogens is 1. The minimum absolute atomic E-state index is 0.0690. The first-order chi connectivity index (χ1) is 11.8. The highest BCUT2D eigenvalue weighted by Gasteiger charge is 2.16. The predicted octanol–water partition coefficient (Wildman–Crippen LogP) is 4.99. The van der Waals surface area contributed by atoms with Crippen molar-refractivity contribution in [3.63, 3.8) is 0 Å². The molecule has 0 bridgehead atoms. The van der Waals surface area contributed by atoms with Crippen LogP contribution in [-0.2, 0) is 5.75 Å². The quantitative estimate of drug-likeness (QED) is 0.719. The van der Waals surface area contributed by atoms with Crippen LogP contribution in [0.5, 0.6) is 0 Å². The number of nitrogens with one attached hydrogen (secondary N) is 1. The number of carbonyl (C=O) groups excluding carboxylic acids is 1.